The molecule has 2 fully saturated rings. The minimum absolute atomic E-state index is 0.0798. The molecule has 0 radical (unpaired) electrons. The lowest BCUT2D eigenvalue weighted by Gasteiger charge is -2.55. The molecule has 1 N–H and O–H groups in total. The second-order valence-electron chi connectivity index (χ2n) is 7.50. The van der Waals surface area contributed by atoms with E-state index in [0.717, 1.165) is 11.4 Å². The summed E-state index contributed by atoms with van der Waals surface area (Å²) in [6, 6.07) is 14.3. The van der Waals surface area contributed by atoms with Crippen LogP contribution in [-0.4, -0.2) is 24.0 Å². The van der Waals surface area contributed by atoms with Crippen molar-refractivity contribution in [1.82, 2.24) is 10.3 Å². The molecule has 1 aromatic carbocycles. The highest BCUT2D eigenvalue weighted by Gasteiger charge is 2.51. The summed E-state index contributed by atoms with van der Waals surface area (Å²) in [4.78, 5) is 16.9. The highest BCUT2D eigenvalue weighted by Crippen LogP contribution is 2.54. The number of methoxy groups -OCH3 is 1. The maximum Gasteiger partial charge on any atom is 0.226 e. The summed E-state index contributed by atoms with van der Waals surface area (Å²) in [6.45, 7) is 0. The first kappa shape index (κ1) is 17.1. The Labute approximate surface area is 155 Å². The van der Waals surface area contributed by atoms with Gasteiger partial charge in [-0.05, 0) is 54.5 Å². The third-order valence-corrected chi connectivity index (χ3v) is 6.08. The van der Waals surface area contributed by atoms with E-state index in [9.17, 15) is 4.79 Å². The predicted octanol–water partition coefficient (Wildman–Crippen LogP) is 3.72. The summed E-state index contributed by atoms with van der Waals surface area (Å²) in [5.41, 5.74) is 2.14. The van der Waals surface area contributed by atoms with Crippen molar-refractivity contribution in [2.75, 3.05) is 7.11 Å². The van der Waals surface area contributed by atoms with Gasteiger partial charge in [-0.15, -0.1) is 0 Å². The van der Waals surface area contributed by atoms with Crippen LogP contribution in [0, 0.1) is 11.8 Å². The second-order valence-corrected chi connectivity index (χ2v) is 7.50. The molecule has 4 rings (SSSR count). The molecule has 0 spiro atoms. The smallest absolute Gasteiger partial charge is 0.226 e. The van der Waals surface area contributed by atoms with E-state index in [4.69, 9.17) is 4.74 Å². The minimum Gasteiger partial charge on any atom is -0.497 e. The zero-order chi connectivity index (χ0) is 17.9. The van der Waals surface area contributed by atoms with E-state index in [1.54, 1.807) is 13.3 Å². The number of hydrogen-bond donors (Lipinski definition) is 1. The number of nitrogens with one attached hydrogen (secondary N) is 1. The normalized spacial score (nSPS) is 27.1. The first-order valence-corrected chi connectivity index (χ1v) is 9.59. The Morgan fingerprint density at radius 3 is 2.58 bits per heavy atom. The maximum atomic E-state index is 12.6. The Morgan fingerprint density at radius 2 is 1.88 bits per heavy atom. The minimum atomic E-state index is 0.0798. The van der Waals surface area contributed by atoms with Crippen LogP contribution in [0.3, 0.4) is 0 Å². The average molecular weight is 350 g/mol. The van der Waals surface area contributed by atoms with Gasteiger partial charge in [-0.25, -0.2) is 0 Å². The molecule has 2 aliphatic carbocycles. The van der Waals surface area contributed by atoms with E-state index in [2.05, 4.69) is 22.4 Å². The largest absolute Gasteiger partial charge is 0.497 e. The molecule has 0 saturated heterocycles. The number of rotatable bonds is 5. The Balaban J connectivity index is 1.49. The number of aromatic nitrogens is 1. The van der Waals surface area contributed by atoms with E-state index in [1.165, 1.54) is 31.2 Å². The van der Waals surface area contributed by atoms with Gasteiger partial charge in [-0.1, -0.05) is 31.0 Å². The van der Waals surface area contributed by atoms with E-state index >= 15 is 0 Å². The molecular weight excluding hydrogens is 324 g/mol. The monoisotopic (exact) mass is 350 g/mol. The predicted molar refractivity (Wildman–Crippen MR) is 101 cm³/mol. The number of amides is 1. The van der Waals surface area contributed by atoms with Crippen molar-refractivity contribution in [2.24, 2.45) is 11.8 Å². The standard InChI is InChI=1S/C22H26N2O2/c1-26-17-11-9-15(10-12-17)21-18-7-2-3-8-19(18)22(21)24-20(25)14-16-6-4-5-13-23-16/h4-6,9-13,18-19,21-22H,2-3,7-8,14H2,1H3,(H,24,25)/t18-,19-,21-,22-/m0/s1. The van der Waals surface area contributed by atoms with Crippen molar-refractivity contribution in [3.63, 3.8) is 0 Å². The first-order valence-electron chi connectivity index (χ1n) is 9.59. The number of ether oxygens (including phenoxy) is 1. The van der Waals surface area contributed by atoms with Crippen LogP contribution in [0.1, 0.15) is 42.9 Å². The van der Waals surface area contributed by atoms with Crippen molar-refractivity contribution in [2.45, 2.75) is 44.1 Å². The fraction of sp³-hybridized carbons (Fsp3) is 0.455. The van der Waals surface area contributed by atoms with Crippen LogP contribution in [0.25, 0.3) is 0 Å². The molecule has 136 valence electrons. The number of hydrogen-bond acceptors (Lipinski definition) is 3. The third-order valence-electron chi connectivity index (χ3n) is 6.08. The van der Waals surface area contributed by atoms with Crippen LogP contribution in [0.2, 0.25) is 0 Å². The van der Waals surface area contributed by atoms with Crippen molar-refractivity contribution in [3.05, 3.63) is 59.9 Å². The fourth-order valence-corrected chi connectivity index (χ4v) is 4.85. The van der Waals surface area contributed by atoms with Crippen LogP contribution in [0.4, 0.5) is 0 Å². The highest BCUT2D eigenvalue weighted by molar-refractivity contribution is 5.78. The van der Waals surface area contributed by atoms with Crippen LogP contribution in [-0.2, 0) is 11.2 Å². The van der Waals surface area contributed by atoms with E-state index in [1.807, 2.05) is 30.3 Å². The second kappa shape index (κ2) is 7.48. The Kier molecular flexibility index (Phi) is 4.91. The quantitative estimate of drug-likeness (QED) is 0.894. The molecule has 1 aromatic heterocycles. The van der Waals surface area contributed by atoms with Crippen LogP contribution >= 0.6 is 0 Å². The third kappa shape index (κ3) is 3.33. The first-order chi connectivity index (χ1) is 12.8. The van der Waals surface area contributed by atoms with Gasteiger partial charge in [0.15, 0.2) is 0 Å². The molecule has 0 bridgehead atoms. The van der Waals surface area contributed by atoms with Gasteiger partial charge in [0, 0.05) is 23.9 Å². The number of carbonyl (C=O) groups is 1. The zero-order valence-electron chi connectivity index (χ0n) is 15.2. The summed E-state index contributed by atoms with van der Waals surface area (Å²) >= 11 is 0. The van der Waals surface area contributed by atoms with Crippen molar-refractivity contribution < 1.29 is 9.53 Å². The molecular formula is C22H26N2O2. The molecule has 4 heteroatoms. The average Bonchev–Trinajstić information content (AvgIpc) is 2.68. The van der Waals surface area contributed by atoms with Crippen molar-refractivity contribution >= 4 is 5.91 Å². The number of carbonyl (C=O) groups excluding carboxylic acids is 1. The van der Waals surface area contributed by atoms with Crippen molar-refractivity contribution in [3.8, 4) is 5.75 Å². The number of nitrogens with zero attached hydrogens (tertiary/aromatic N) is 1. The van der Waals surface area contributed by atoms with Gasteiger partial charge in [0.05, 0.1) is 13.5 Å². The summed E-state index contributed by atoms with van der Waals surface area (Å²) < 4.78 is 5.29. The molecule has 2 saturated carbocycles. The van der Waals surface area contributed by atoms with Crippen LogP contribution < -0.4 is 10.1 Å². The summed E-state index contributed by atoms with van der Waals surface area (Å²) in [7, 11) is 1.69. The topological polar surface area (TPSA) is 51.2 Å². The van der Waals surface area contributed by atoms with Gasteiger partial charge < -0.3 is 10.1 Å². The van der Waals surface area contributed by atoms with Crippen LogP contribution in [0.15, 0.2) is 48.7 Å². The molecule has 1 heterocycles. The zero-order valence-corrected chi connectivity index (χ0v) is 15.2. The molecule has 2 aliphatic rings. The van der Waals surface area contributed by atoms with Gasteiger partial charge in [-0.3, -0.25) is 9.78 Å². The molecule has 2 aromatic rings. The van der Waals surface area contributed by atoms with Gasteiger partial charge in [0.2, 0.25) is 5.91 Å². The van der Waals surface area contributed by atoms with Gasteiger partial charge in [0.25, 0.3) is 0 Å². The Hall–Kier alpha value is -2.36. The van der Waals surface area contributed by atoms with E-state index < -0.39 is 0 Å². The summed E-state index contributed by atoms with van der Waals surface area (Å²) in [5, 5.41) is 3.33. The number of benzene rings is 1. The maximum absolute atomic E-state index is 12.6. The lowest BCUT2D eigenvalue weighted by Crippen LogP contribution is -2.59. The number of fused-ring (bicyclic) bond motifs is 1. The molecule has 0 unspecified atom stereocenters. The molecule has 26 heavy (non-hydrogen) atoms. The lowest BCUT2D eigenvalue weighted by molar-refractivity contribution is -0.124. The molecule has 4 nitrogen and oxygen atoms in total. The van der Waals surface area contributed by atoms with Crippen LogP contribution in [0.5, 0.6) is 5.75 Å². The fourth-order valence-electron chi connectivity index (χ4n) is 4.85. The van der Waals surface area contributed by atoms with E-state index in [0.29, 0.717) is 24.2 Å². The Bertz CT molecular complexity index is 744. The van der Waals surface area contributed by atoms with Gasteiger partial charge >= 0.3 is 0 Å². The lowest BCUT2D eigenvalue weighted by atomic mass is 9.53. The number of pyridine rings is 1. The molecule has 4 atom stereocenters. The summed E-state index contributed by atoms with van der Waals surface area (Å²) in [5.74, 6) is 2.68. The molecule has 0 aliphatic heterocycles. The SMILES string of the molecule is COc1ccc([C@H]2[C@H]3CCCC[C@@H]3[C@@H]2NC(=O)Cc2ccccn2)cc1. The Morgan fingerprint density at radius 1 is 1.12 bits per heavy atom. The highest BCUT2D eigenvalue weighted by atomic mass is 16.5. The molecule has 1 amide bonds. The van der Waals surface area contributed by atoms with Crippen molar-refractivity contribution in [1.29, 1.82) is 0 Å². The van der Waals surface area contributed by atoms with E-state index in [-0.39, 0.29) is 11.9 Å². The van der Waals surface area contributed by atoms with Gasteiger partial charge in [-0.2, -0.15) is 0 Å². The van der Waals surface area contributed by atoms with Gasteiger partial charge in [0.1, 0.15) is 5.75 Å². The summed E-state index contributed by atoms with van der Waals surface area (Å²) in [6.07, 6.45) is 7.18.